The molecular weight excluding hydrogens is 278 g/mol. The van der Waals surface area contributed by atoms with Crippen LogP contribution in [0, 0.1) is 6.92 Å². The van der Waals surface area contributed by atoms with E-state index in [1.54, 1.807) is 14.2 Å². The van der Waals surface area contributed by atoms with Gasteiger partial charge in [-0.15, -0.1) is 10.2 Å². The molecule has 0 saturated heterocycles. The Balaban J connectivity index is 2.05. The second kappa shape index (κ2) is 5.89. The molecule has 0 aliphatic rings. The average molecular weight is 295 g/mol. The molecule has 1 aromatic heterocycles. The summed E-state index contributed by atoms with van der Waals surface area (Å²) in [4.78, 5) is 0. The fourth-order valence-corrected chi connectivity index (χ4v) is 2.33. The van der Waals surface area contributed by atoms with E-state index < -0.39 is 0 Å². The molecule has 0 bridgehead atoms. The predicted octanol–water partition coefficient (Wildman–Crippen LogP) is 3.26. The van der Waals surface area contributed by atoms with Gasteiger partial charge >= 0.3 is 0 Å². The number of hydrogen-bond acceptors (Lipinski definition) is 4. The molecule has 0 spiro atoms. The SMILES string of the molecule is COc1ccc(-c2nnc(C)n2-c2ccc(OC)cc2)cc1. The van der Waals surface area contributed by atoms with Crippen molar-refractivity contribution < 1.29 is 9.47 Å². The van der Waals surface area contributed by atoms with E-state index in [1.165, 1.54) is 0 Å². The van der Waals surface area contributed by atoms with Gasteiger partial charge in [-0.2, -0.15) is 0 Å². The minimum absolute atomic E-state index is 0.797. The lowest BCUT2D eigenvalue weighted by atomic mass is 10.2. The summed E-state index contributed by atoms with van der Waals surface area (Å²) in [7, 11) is 3.31. The van der Waals surface area contributed by atoms with Gasteiger partial charge in [0.15, 0.2) is 5.82 Å². The fourth-order valence-electron chi connectivity index (χ4n) is 2.33. The van der Waals surface area contributed by atoms with E-state index in [0.29, 0.717) is 0 Å². The maximum atomic E-state index is 5.20. The first-order valence-corrected chi connectivity index (χ1v) is 6.94. The van der Waals surface area contributed by atoms with Gasteiger partial charge < -0.3 is 9.47 Å². The van der Waals surface area contributed by atoms with Crippen molar-refractivity contribution in [2.24, 2.45) is 0 Å². The van der Waals surface area contributed by atoms with Crippen LogP contribution in [0.25, 0.3) is 17.1 Å². The topological polar surface area (TPSA) is 49.2 Å². The largest absolute Gasteiger partial charge is 0.497 e. The monoisotopic (exact) mass is 295 g/mol. The maximum Gasteiger partial charge on any atom is 0.168 e. The van der Waals surface area contributed by atoms with Crippen molar-refractivity contribution in [1.29, 1.82) is 0 Å². The first-order valence-electron chi connectivity index (χ1n) is 6.94. The van der Waals surface area contributed by atoms with Crippen molar-refractivity contribution in [3.05, 3.63) is 54.4 Å². The molecule has 0 aliphatic heterocycles. The molecular formula is C17H17N3O2. The van der Waals surface area contributed by atoms with Crippen molar-refractivity contribution in [2.75, 3.05) is 14.2 Å². The van der Waals surface area contributed by atoms with Gasteiger partial charge in [0.05, 0.1) is 14.2 Å². The second-order valence-corrected chi connectivity index (χ2v) is 4.83. The Bertz CT molecular complexity index is 762. The molecule has 0 fully saturated rings. The zero-order chi connectivity index (χ0) is 15.5. The van der Waals surface area contributed by atoms with Gasteiger partial charge in [-0.25, -0.2) is 0 Å². The lowest BCUT2D eigenvalue weighted by molar-refractivity contribution is 0.414. The lowest BCUT2D eigenvalue weighted by Crippen LogP contribution is -2.00. The quantitative estimate of drug-likeness (QED) is 0.741. The van der Waals surface area contributed by atoms with Gasteiger partial charge in [0.25, 0.3) is 0 Å². The molecule has 0 atom stereocenters. The molecule has 3 rings (SSSR count). The van der Waals surface area contributed by atoms with Crippen molar-refractivity contribution in [3.63, 3.8) is 0 Å². The third kappa shape index (κ3) is 2.53. The number of aryl methyl sites for hydroxylation is 1. The molecule has 0 radical (unpaired) electrons. The van der Waals surface area contributed by atoms with E-state index in [0.717, 1.165) is 34.4 Å². The number of aromatic nitrogens is 3. The Morgan fingerprint density at radius 3 is 1.86 bits per heavy atom. The summed E-state index contributed by atoms with van der Waals surface area (Å²) in [6, 6.07) is 15.6. The Hall–Kier alpha value is -2.82. The smallest absolute Gasteiger partial charge is 0.168 e. The molecule has 0 amide bonds. The third-order valence-corrected chi connectivity index (χ3v) is 3.50. The second-order valence-electron chi connectivity index (χ2n) is 4.83. The third-order valence-electron chi connectivity index (χ3n) is 3.50. The molecule has 0 unspecified atom stereocenters. The highest BCUT2D eigenvalue weighted by Gasteiger charge is 2.13. The van der Waals surface area contributed by atoms with Crippen LogP contribution < -0.4 is 9.47 Å². The number of nitrogens with zero attached hydrogens (tertiary/aromatic N) is 3. The zero-order valence-electron chi connectivity index (χ0n) is 12.8. The summed E-state index contributed by atoms with van der Waals surface area (Å²) in [6.45, 7) is 1.93. The molecule has 3 aromatic rings. The number of rotatable bonds is 4. The van der Waals surface area contributed by atoms with Crippen LogP contribution in [-0.2, 0) is 0 Å². The van der Waals surface area contributed by atoms with Crippen LogP contribution in [-0.4, -0.2) is 29.0 Å². The Kier molecular flexibility index (Phi) is 3.78. The summed E-state index contributed by atoms with van der Waals surface area (Å²) >= 11 is 0. The number of methoxy groups -OCH3 is 2. The summed E-state index contributed by atoms with van der Waals surface area (Å²) in [6.07, 6.45) is 0. The average Bonchev–Trinajstić information content (AvgIpc) is 2.96. The van der Waals surface area contributed by atoms with E-state index in [-0.39, 0.29) is 0 Å². The predicted molar refractivity (Wildman–Crippen MR) is 84.6 cm³/mol. The first kappa shape index (κ1) is 14.1. The summed E-state index contributed by atoms with van der Waals surface area (Å²) in [5.41, 5.74) is 1.98. The molecule has 1 heterocycles. The number of benzene rings is 2. The summed E-state index contributed by atoms with van der Waals surface area (Å²) in [5, 5.41) is 8.51. The van der Waals surface area contributed by atoms with Crippen LogP contribution in [0.5, 0.6) is 11.5 Å². The Labute approximate surface area is 129 Å². The van der Waals surface area contributed by atoms with Crippen molar-refractivity contribution in [3.8, 4) is 28.6 Å². The standard InChI is InChI=1S/C17H17N3O2/c1-12-18-19-17(13-4-8-15(21-2)9-5-13)20(12)14-6-10-16(22-3)11-7-14/h4-11H,1-3H3. The molecule has 0 aliphatic carbocycles. The van der Waals surface area contributed by atoms with Crippen LogP contribution in [0.1, 0.15) is 5.82 Å². The Morgan fingerprint density at radius 1 is 0.773 bits per heavy atom. The van der Waals surface area contributed by atoms with Crippen LogP contribution >= 0.6 is 0 Å². The molecule has 0 N–H and O–H groups in total. The van der Waals surface area contributed by atoms with Crippen LogP contribution in [0.2, 0.25) is 0 Å². The molecule has 0 saturated carbocycles. The highest BCUT2D eigenvalue weighted by molar-refractivity contribution is 5.60. The molecule has 2 aromatic carbocycles. The minimum atomic E-state index is 0.797. The highest BCUT2D eigenvalue weighted by atomic mass is 16.5. The maximum absolute atomic E-state index is 5.20. The van der Waals surface area contributed by atoms with E-state index in [2.05, 4.69) is 10.2 Å². The van der Waals surface area contributed by atoms with Crippen molar-refractivity contribution in [1.82, 2.24) is 14.8 Å². The van der Waals surface area contributed by atoms with Gasteiger partial charge in [0, 0.05) is 11.3 Å². The van der Waals surface area contributed by atoms with Gasteiger partial charge in [-0.05, 0) is 55.5 Å². The summed E-state index contributed by atoms with van der Waals surface area (Å²) < 4.78 is 12.4. The summed E-state index contributed by atoms with van der Waals surface area (Å²) in [5.74, 6) is 3.26. The molecule has 112 valence electrons. The van der Waals surface area contributed by atoms with Crippen LogP contribution in [0.3, 0.4) is 0 Å². The first-order chi connectivity index (χ1) is 10.7. The number of ether oxygens (including phenoxy) is 2. The fraction of sp³-hybridized carbons (Fsp3) is 0.176. The van der Waals surface area contributed by atoms with Crippen molar-refractivity contribution in [2.45, 2.75) is 6.92 Å². The van der Waals surface area contributed by atoms with Gasteiger partial charge in [-0.1, -0.05) is 0 Å². The van der Waals surface area contributed by atoms with Gasteiger partial charge in [-0.3, -0.25) is 4.57 Å². The minimum Gasteiger partial charge on any atom is -0.497 e. The normalized spacial score (nSPS) is 10.5. The molecule has 5 nitrogen and oxygen atoms in total. The van der Waals surface area contributed by atoms with Gasteiger partial charge in [0.1, 0.15) is 17.3 Å². The van der Waals surface area contributed by atoms with E-state index in [9.17, 15) is 0 Å². The van der Waals surface area contributed by atoms with Crippen LogP contribution in [0.4, 0.5) is 0 Å². The van der Waals surface area contributed by atoms with Crippen molar-refractivity contribution >= 4 is 0 Å². The van der Waals surface area contributed by atoms with Gasteiger partial charge in [0.2, 0.25) is 0 Å². The lowest BCUT2D eigenvalue weighted by Gasteiger charge is -2.10. The number of hydrogen-bond donors (Lipinski definition) is 0. The van der Waals surface area contributed by atoms with E-state index >= 15 is 0 Å². The van der Waals surface area contributed by atoms with E-state index in [1.807, 2.05) is 60.0 Å². The Morgan fingerprint density at radius 2 is 1.32 bits per heavy atom. The van der Waals surface area contributed by atoms with E-state index in [4.69, 9.17) is 9.47 Å². The zero-order valence-corrected chi connectivity index (χ0v) is 12.8. The highest BCUT2D eigenvalue weighted by Crippen LogP contribution is 2.25. The molecule has 5 heteroatoms. The molecule has 22 heavy (non-hydrogen) atoms. The van der Waals surface area contributed by atoms with Crippen LogP contribution in [0.15, 0.2) is 48.5 Å².